The molecule has 0 radical (unpaired) electrons. The third-order valence-corrected chi connectivity index (χ3v) is 6.90. The number of carbonyl (C=O) groups excluding carboxylic acids is 1. The average molecular weight is 475 g/mol. The predicted octanol–water partition coefficient (Wildman–Crippen LogP) is 3.95. The number of ether oxygens (including phenoxy) is 1. The molecule has 0 spiro atoms. The van der Waals surface area contributed by atoms with Crippen molar-refractivity contribution < 1.29 is 17.9 Å². The zero-order valence-corrected chi connectivity index (χ0v) is 19.6. The number of nitrogens with zero attached hydrogens (tertiary/aromatic N) is 3. The van der Waals surface area contributed by atoms with Crippen LogP contribution in [-0.2, 0) is 15.4 Å². The lowest BCUT2D eigenvalue weighted by molar-refractivity contribution is 0.0981. The van der Waals surface area contributed by atoms with Crippen molar-refractivity contribution in [2.24, 2.45) is 0 Å². The first-order valence-corrected chi connectivity index (χ1v) is 11.8. The first-order chi connectivity index (χ1) is 16.2. The van der Waals surface area contributed by atoms with Gasteiger partial charge in [-0.05, 0) is 61.2 Å². The molecule has 0 aliphatic heterocycles. The number of nitrogens with one attached hydrogen (secondary N) is 1. The molecule has 4 rings (SSSR count). The zero-order valence-electron chi connectivity index (χ0n) is 18.8. The second-order valence-corrected chi connectivity index (χ2v) is 9.85. The van der Waals surface area contributed by atoms with E-state index in [1.54, 1.807) is 49.0 Å². The van der Waals surface area contributed by atoms with Crippen LogP contribution in [0.1, 0.15) is 29.8 Å². The van der Waals surface area contributed by atoms with Crippen molar-refractivity contribution in [1.29, 1.82) is 5.26 Å². The number of benzene rings is 3. The predicted molar refractivity (Wildman–Crippen MR) is 127 cm³/mol. The van der Waals surface area contributed by atoms with Crippen molar-refractivity contribution in [2.45, 2.75) is 24.2 Å². The number of fused-ring (bicyclic) bond motifs is 1. The first-order valence-electron chi connectivity index (χ1n) is 10.4. The quantitative estimate of drug-likeness (QED) is 0.453. The summed E-state index contributed by atoms with van der Waals surface area (Å²) in [6, 6.07) is 18.9. The largest absolute Gasteiger partial charge is 0.495 e. The van der Waals surface area contributed by atoms with Gasteiger partial charge in [-0.15, -0.1) is 0 Å². The Hall–Kier alpha value is -4.16. The zero-order chi connectivity index (χ0) is 24.5. The fourth-order valence-corrected chi connectivity index (χ4v) is 4.77. The summed E-state index contributed by atoms with van der Waals surface area (Å²) in [5.41, 5.74) is 0.580. The maximum atomic E-state index is 13.1. The summed E-state index contributed by atoms with van der Waals surface area (Å²) in [6.07, 6.45) is 3.49. The van der Waals surface area contributed by atoms with Crippen molar-refractivity contribution >= 4 is 26.7 Å². The molecule has 0 fully saturated rings. The van der Waals surface area contributed by atoms with Crippen LogP contribution in [0.2, 0.25) is 0 Å². The second kappa shape index (κ2) is 8.65. The van der Waals surface area contributed by atoms with Crippen LogP contribution < -0.4 is 9.46 Å². The number of hydrogen-bond donors (Lipinski definition) is 1. The van der Waals surface area contributed by atoms with Gasteiger partial charge < -0.3 is 4.74 Å². The Labute approximate surface area is 197 Å². The summed E-state index contributed by atoms with van der Waals surface area (Å²) in [5, 5.41) is 15.3. The molecule has 1 heterocycles. The highest BCUT2D eigenvalue weighted by Crippen LogP contribution is 2.31. The van der Waals surface area contributed by atoms with Crippen LogP contribution in [0.4, 0.5) is 0 Å². The Morgan fingerprint density at radius 3 is 2.59 bits per heavy atom. The molecule has 4 aromatic rings. The number of nitriles is 1. The van der Waals surface area contributed by atoms with Crippen LogP contribution in [-0.4, -0.2) is 31.2 Å². The van der Waals surface area contributed by atoms with Gasteiger partial charge in [0.25, 0.3) is 15.9 Å². The molecule has 1 amide bonds. The molecule has 3 aromatic carbocycles. The van der Waals surface area contributed by atoms with Crippen molar-refractivity contribution in [3.8, 4) is 17.5 Å². The summed E-state index contributed by atoms with van der Waals surface area (Å²) < 4.78 is 35.3. The molecule has 0 aliphatic carbocycles. The van der Waals surface area contributed by atoms with Gasteiger partial charge in [0.2, 0.25) is 0 Å². The van der Waals surface area contributed by atoms with Crippen LogP contribution in [0.5, 0.6) is 5.75 Å². The molecule has 34 heavy (non-hydrogen) atoms. The van der Waals surface area contributed by atoms with Crippen LogP contribution >= 0.6 is 0 Å². The molecular weight excluding hydrogens is 452 g/mol. The van der Waals surface area contributed by atoms with E-state index in [1.807, 2.05) is 30.5 Å². The number of sulfonamides is 1. The summed E-state index contributed by atoms with van der Waals surface area (Å²) in [5.74, 6) is -0.710. The minimum Gasteiger partial charge on any atom is -0.495 e. The van der Waals surface area contributed by atoms with E-state index in [-0.39, 0.29) is 16.2 Å². The molecule has 1 aromatic heterocycles. The Morgan fingerprint density at radius 1 is 1.12 bits per heavy atom. The lowest BCUT2D eigenvalue weighted by atomic mass is 9.86. The highest BCUT2D eigenvalue weighted by atomic mass is 32.2. The van der Waals surface area contributed by atoms with Crippen LogP contribution in [0.25, 0.3) is 16.5 Å². The topological polar surface area (TPSA) is 114 Å². The van der Waals surface area contributed by atoms with E-state index in [2.05, 4.69) is 15.9 Å². The molecule has 0 aliphatic rings. The molecular formula is C25H22N4O4S. The number of aromatic nitrogens is 2. The van der Waals surface area contributed by atoms with Crippen molar-refractivity contribution in [2.75, 3.05) is 7.11 Å². The van der Waals surface area contributed by atoms with Gasteiger partial charge in [-0.25, -0.2) is 17.8 Å². The van der Waals surface area contributed by atoms with Crippen LogP contribution in [0.15, 0.2) is 78.0 Å². The summed E-state index contributed by atoms with van der Waals surface area (Å²) >= 11 is 0. The summed E-state index contributed by atoms with van der Waals surface area (Å²) in [7, 11) is -2.95. The molecule has 172 valence electrons. The van der Waals surface area contributed by atoms with E-state index >= 15 is 0 Å². The Balaban J connectivity index is 1.69. The van der Waals surface area contributed by atoms with Gasteiger partial charge in [-0.1, -0.05) is 24.3 Å². The van der Waals surface area contributed by atoms with Crippen molar-refractivity contribution in [3.05, 3.63) is 84.2 Å². The molecule has 9 heteroatoms. The maximum Gasteiger partial charge on any atom is 0.268 e. The lowest BCUT2D eigenvalue weighted by Gasteiger charge is -2.18. The van der Waals surface area contributed by atoms with E-state index in [4.69, 9.17) is 4.74 Å². The monoisotopic (exact) mass is 474 g/mol. The van der Waals surface area contributed by atoms with Gasteiger partial charge in [-0.2, -0.15) is 10.4 Å². The SMILES string of the molecule is COc1ccc(C(C)(C)C#N)cc1S(=O)(=O)NC(=O)c1ccc2c(-n3cccn3)cccc2c1. The number of carbonyl (C=O) groups is 1. The van der Waals surface area contributed by atoms with Crippen molar-refractivity contribution in [3.63, 3.8) is 0 Å². The van der Waals surface area contributed by atoms with E-state index in [1.165, 1.54) is 19.2 Å². The normalized spacial score (nSPS) is 11.7. The molecule has 0 saturated carbocycles. The Morgan fingerprint density at radius 2 is 1.91 bits per heavy atom. The molecule has 1 N–H and O–H groups in total. The highest BCUT2D eigenvalue weighted by Gasteiger charge is 2.27. The number of amides is 1. The van der Waals surface area contributed by atoms with Gasteiger partial charge in [-0.3, -0.25) is 4.79 Å². The van der Waals surface area contributed by atoms with E-state index in [0.717, 1.165) is 16.5 Å². The van der Waals surface area contributed by atoms with Gasteiger partial charge in [0.1, 0.15) is 10.6 Å². The third kappa shape index (κ3) is 4.23. The Kier molecular flexibility index (Phi) is 5.85. The van der Waals surface area contributed by atoms with Crippen molar-refractivity contribution in [1.82, 2.24) is 14.5 Å². The third-order valence-electron chi connectivity index (χ3n) is 5.55. The minimum atomic E-state index is -4.29. The molecule has 0 bridgehead atoms. The number of rotatable bonds is 6. The van der Waals surface area contributed by atoms with E-state index in [0.29, 0.717) is 5.56 Å². The molecule has 0 atom stereocenters. The first kappa shape index (κ1) is 23.0. The lowest BCUT2D eigenvalue weighted by Crippen LogP contribution is -2.31. The standard InChI is InChI=1S/C25H22N4O4S/c1-25(2,16-26)19-9-11-22(33-3)23(15-19)34(31,32)28-24(30)18-8-10-20-17(14-18)6-4-7-21(20)29-13-5-12-27-29/h4-15H,1-3H3,(H,28,30). The smallest absolute Gasteiger partial charge is 0.268 e. The molecule has 0 unspecified atom stereocenters. The fraction of sp³-hybridized carbons (Fsp3) is 0.160. The molecule has 8 nitrogen and oxygen atoms in total. The highest BCUT2D eigenvalue weighted by molar-refractivity contribution is 7.90. The summed E-state index contributed by atoms with van der Waals surface area (Å²) in [4.78, 5) is 12.7. The van der Waals surface area contributed by atoms with Gasteiger partial charge >= 0.3 is 0 Å². The maximum absolute atomic E-state index is 13.1. The minimum absolute atomic E-state index is 0.0696. The Bertz CT molecular complexity index is 1540. The van der Waals surface area contributed by atoms with Crippen LogP contribution in [0, 0.1) is 11.3 Å². The van der Waals surface area contributed by atoms with Crippen LogP contribution in [0.3, 0.4) is 0 Å². The number of hydrogen-bond acceptors (Lipinski definition) is 6. The number of methoxy groups -OCH3 is 1. The van der Waals surface area contributed by atoms with Gasteiger partial charge in [0.15, 0.2) is 0 Å². The van der Waals surface area contributed by atoms with E-state index < -0.39 is 21.3 Å². The van der Waals surface area contributed by atoms with E-state index in [9.17, 15) is 18.5 Å². The molecule has 0 saturated heterocycles. The van der Waals surface area contributed by atoms with Gasteiger partial charge in [0, 0.05) is 23.3 Å². The van der Waals surface area contributed by atoms with Gasteiger partial charge in [0.05, 0.1) is 24.3 Å². The summed E-state index contributed by atoms with van der Waals surface area (Å²) in [6.45, 7) is 3.35. The fourth-order valence-electron chi connectivity index (χ4n) is 3.59. The second-order valence-electron chi connectivity index (χ2n) is 8.20. The average Bonchev–Trinajstić information content (AvgIpc) is 3.37.